The van der Waals surface area contributed by atoms with E-state index in [0.29, 0.717) is 18.7 Å². The smallest absolute Gasteiger partial charge is 0.248 e. The Labute approximate surface area is 144 Å². The molecule has 2 amide bonds. The van der Waals surface area contributed by atoms with Gasteiger partial charge in [0.1, 0.15) is 17.7 Å². The number of nitrogens with zero attached hydrogens (tertiary/aromatic N) is 1. The summed E-state index contributed by atoms with van der Waals surface area (Å²) in [6.45, 7) is 0. The number of rotatable bonds is 5. The Morgan fingerprint density at radius 3 is 2.88 bits per heavy atom. The van der Waals surface area contributed by atoms with Crippen molar-refractivity contribution in [2.75, 3.05) is 5.32 Å². The Bertz CT molecular complexity index is 779. The van der Waals surface area contributed by atoms with Crippen LogP contribution in [0, 0.1) is 5.82 Å². The molecule has 0 fully saturated rings. The number of fused-ring (bicyclic) bond motifs is 1. The van der Waals surface area contributed by atoms with E-state index >= 15 is 0 Å². The molecule has 2 unspecified atom stereocenters. The van der Waals surface area contributed by atoms with Gasteiger partial charge in [-0.1, -0.05) is 18.2 Å². The fourth-order valence-electron chi connectivity index (χ4n) is 2.84. The van der Waals surface area contributed by atoms with Crippen LogP contribution in [0.4, 0.5) is 10.2 Å². The average molecular weight is 342 g/mol. The molecule has 1 aliphatic heterocycles. The van der Waals surface area contributed by atoms with Gasteiger partial charge in [-0.2, -0.15) is 0 Å². The molecule has 6 nitrogen and oxygen atoms in total. The zero-order valence-electron chi connectivity index (χ0n) is 13.5. The van der Waals surface area contributed by atoms with Crippen molar-refractivity contribution in [1.29, 1.82) is 0 Å². The number of carbonyl (C=O) groups excluding carboxylic acids is 2. The monoisotopic (exact) mass is 342 g/mol. The summed E-state index contributed by atoms with van der Waals surface area (Å²) in [5.41, 5.74) is 7.73. The van der Waals surface area contributed by atoms with Crippen LogP contribution in [-0.4, -0.2) is 28.9 Å². The lowest BCUT2D eigenvalue weighted by molar-refractivity contribution is -0.126. The first kappa shape index (κ1) is 17.0. The second-order valence-corrected chi connectivity index (χ2v) is 6.12. The number of pyridine rings is 1. The lowest BCUT2D eigenvalue weighted by atomic mass is 10.0. The van der Waals surface area contributed by atoms with Gasteiger partial charge in [0.2, 0.25) is 11.8 Å². The van der Waals surface area contributed by atoms with Crippen LogP contribution in [0.1, 0.15) is 17.5 Å². The summed E-state index contributed by atoms with van der Waals surface area (Å²) >= 11 is 0. The molecule has 1 aliphatic rings. The Balaban J connectivity index is 1.53. The third-order valence-corrected chi connectivity index (χ3v) is 4.07. The molecule has 2 heterocycles. The molecule has 0 aliphatic carbocycles. The molecule has 0 bridgehead atoms. The van der Waals surface area contributed by atoms with Gasteiger partial charge < -0.3 is 16.4 Å². The number of aromatic nitrogens is 1. The summed E-state index contributed by atoms with van der Waals surface area (Å²) in [5.74, 6) is -0.354. The van der Waals surface area contributed by atoms with Crippen molar-refractivity contribution < 1.29 is 14.0 Å². The summed E-state index contributed by atoms with van der Waals surface area (Å²) in [4.78, 5) is 28.3. The van der Waals surface area contributed by atoms with Crippen LogP contribution < -0.4 is 16.4 Å². The van der Waals surface area contributed by atoms with E-state index in [1.807, 2.05) is 6.07 Å². The predicted molar refractivity (Wildman–Crippen MR) is 91.2 cm³/mol. The third-order valence-electron chi connectivity index (χ3n) is 4.07. The van der Waals surface area contributed by atoms with Crippen molar-refractivity contribution in [3.05, 3.63) is 59.5 Å². The highest BCUT2D eigenvalue weighted by atomic mass is 19.1. The molecule has 1 aromatic heterocycles. The second-order valence-electron chi connectivity index (χ2n) is 6.12. The fourth-order valence-corrected chi connectivity index (χ4v) is 2.84. The van der Waals surface area contributed by atoms with Gasteiger partial charge in [-0.3, -0.25) is 9.59 Å². The number of carbonyl (C=O) groups is 2. The first-order valence-electron chi connectivity index (χ1n) is 8.05. The highest BCUT2D eigenvalue weighted by molar-refractivity contribution is 5.99. The molecule has 1 aromatic carbocycles. The highest BCUT2D eigenvalue weighted by Crippen LogP contribution is 2.19. The summed E-state index contributed by atoms with van der Waals surface area (Å²) in [6.07, 6.45) is 2.54. The lowest BCUT2D eigenvalue weighted by Gasteiger charge is -2.25. The maximum Gasteiger partial charge on any atom is 0.248 e. The standard InChI is InChI=1S/C18H19FN4O2/c19-13-5-3-11(4-6-13)8-14(20)10-16(24)22-15-9-12-2-1-7-21-17(12)23-18(15)25/h1-7,14-15H,8-10,20H2,(H,22,24)(H,21,23,25). The Morgan fingerprint density at radius 1 is 1.36 bits per heavy atom. The van der Waals surface area contributed by atoms with Crippen LogP contribution in [-0.2, 0) is 22.4 Å². The highest BCUT2D eigenvalue weighted by Gasteiger charge is 2.28. The lowest BCUT2D eigenvalue weighted by Crippen LogP contribution is -2.49. The normalized spacial score (nSPS) is 17.4. The molecule has 0 radical (unpaired) electrons. The van der Waals surface area contributed by atoms with Gasteiger partial charge in [0.05, 0.1) is 0 Å². The average Bonchev–Trinajstić information content (AvgIpc) is 2.57. The number of hydrogen-bond acceptors (Lipinski definition) is 4. The van der Waals surface area contributed by atoms with Gasteiger partial charge in [-0.15, -0.1) is 0 Å². The van der Waals surface area contributed by atoms with E-state index in [4.69, 9.17) is 5.73 Å². The molecule has 2 aromatic rings. The van der Waals surface area contributed by atoms with E-state index in [0.717, 1.165) is 11.1 Å². The van der Waals surface area contributed by atoms with Crippen molar-refractivity contribution in [2.24, 2.45) is 5.73 Å². The molecular weight excluding hydrogens is 323 g/mol. The van der Waals surface area contributed by atoms with Gasteiger partial charge in [-0.25, -0.2) is 9.37 Å². The fraction of sp³-hybridized carbons (Fsp3) is 0.278. The van der Waals surface area contributed by atoms with E-state index in [9.17, 15) is 14.0 Å². The molecule has 2 atom stereocenters. The van der Waals surface area contributed by atoms with Crippen molar-refractivity contribution in [1.82, 2.24) is 10.3 Å². The van der Waals surface area contributed by atoms with Gasteiger partial charge >= 0.3 is 0 Å². The summed E-state index contributed by atoms with van der Waals surface area (Å²) < 4.78 is 12.9. The minimum Gasteiger partial charge on any atom is -0.344 e. The van der Waals surface area contributed by atoms with E-state index < -0.39 is 12.1 Å². The molecule has 25 heavy (non-hydrogen) atoms. The van der Waals surface area contributed by atoms with Crippen molar-refractivity contribution in [3.63, 3.8) is 0 Å². The van der Waals surface area contributed by atoms with Gasteiger partial charge in [0, 0.05) is 25.1 Å². The summed E-state index contributed by atoms with van der Waals surface area (Å²) in [6, 6.07) is 8.61. The maximum atomic E-state index is 12.9. The van der Waals surface area contributed by atoms with Crippen LogP contribution in [0.3, 0.4) is 0 Å². The molecule has 3 rings (SSSR count). The zero-order chi connectivity index (χ0) is 17.8. The number of nitrogens with two attached hydrogens (primary N) is 1. The second kappa shape index (κ2) is 7.40. The van der Waals surface area contributed by atoms with E-state index in [1.54, 1.807) is 24.4 Å². The summed E-state index contributed by atoms with van der Waals surface area (Å²) in [5, 5.41) is 5.40. The predicted octanol–water partition coefficient (Wildman–Crippen LogP) is 1.16. The Morgan fingerprint density at radius 2 is 2.12 bits per heavy atom. The van der Waals surface area contributed by atoms with Gasteiger partial charge in [-0.05, 0) is 35.7 Å². The zero-order valence-corrected chi connectivity index (χ0v) is 13.5. The molecule has 0 saturated heterocycles. The third kappa shape index (κ3) is 4.39. The van der Waals surface area contributed by atoms with Gasteiger partial charge in [0.25, 0.3) is 0 Å². The minimum atomic E-state index is -0.637. The van der Waals surface area contributed by atoms with Crippen molar-refractivity contribution in [3.8, 4) is 0 Å². The van der Waals surface area contributed by atoms with Crippen LogP contribution >= 0.6 is 0 Å². The van der Waals surface area contributed by atoms with Crippen LogP contribution in [0.5, 0.6) is 0 Å². The SMILES string of the molecule is NC(CC(=O)NC1Cc2cccnc2NC1=O)Cc1ccc(F)cc1. The number of hydrogen-bond donors (Lipinski definition) is 3. The first-order chi connectivity index (χ1) is 12.0. The number of benzene rings is 1. The van der Waals surface area contributed by atoms with Crippen LogP contribution in [0.15, 0.2) is 42.6 Å². The van der Waals surface area contributed by atoms with E-state index in [-0.39, 0.29) is 24.1 Å². The van der Waals surface area contributed by atoms with E-state index in [2.05, 4.69) is 15.6 Å². The first-order valence-corrected chi connectivity index (χ1v) is 8.05. The Hall–Kier alpha value is -2.80. The number of anilines is 1. The Kier molecular flexibility index (Phi) is 5.04. The number of halogens is 1. The number of nitrogens with one attached hydrogen (secondary N) is 2. The van der Waals surface area contributed by atoms with E-state index in [1.165, 1.54) is 12.1 Å². The quantitative estimate of drug-likeness (QED) is 0.759. The molecule has 7 heteroatoms. The largest absolute Gasteiger partial charge is 0.344 e. The molecular formula is C18H19FN4O2. The van der Waals surface area contributed by atoms with Gasteiger partial charge in [0.15, 0.2) is 0 Å². The topological polar surface area (TPSA) is 97.1 Å². The summed E-state index contributed by atoms with van der Waals surface area (Å²) in [7, 11) is 0. The minimum absolute atomic E-state index is 0.0844. The molecule has 4 N–H and O–H groups in total. The van der Waals surface area contributed by atoms with Crippen molar-refractivity contribution >= 4 is 17.6 Å². The maximum absolute atomic E-state index is 12.9. The molecule has 0 spiro atoms. The van der Waals surface area contributed by atoms with Crippen molar-refractivity contribution in [2.45, 2.75) is 31.3 Å². The van der Waals surface area contributed by atoms with Crippen LogP contribution in [0.2, 0.25) is 0 Å². The molecule has 130 valence electrons. The molecule has 0 saturated carbocycles. The van der Waals surface area contributed by atoms with Crippen LogP contribution in [0.25, 0.3) is 0 Å². The number of amides is 2.